The van der Waals surface area contributed by atoms with E-state index in [1.165, 1.54) is 5.56 Å². The molecule has 0 spiro atoms. The van der Waals surface area contributed by atoms with Gasteiger partial charge in [0.15, 0.2) is 0 Å². The van der Waals surface area contributed by atoms with Gasteiger partial charge in [-0.1, -0.05) is 42.1 Å². The fourth-order valence-electron chi connectivity index (χ4n) is 1.92. The van der Waals surface area contributed by atoms with E-state index in [2.05, 4.69) is 51.4 Å². The van der Waals surface area contributed by atoms with Crippen molar-refractivity contribution in [2.75, 3.05) is 0 Å². The number of hydrogen-bond acceptors (Lipinski definition) is 4. The highest BCUT2D eigenvalue weighted by atomic mass is 32.2. The highest BCUT2D eigenvalue weighted by molar-refractivity contribution is 8.03. The van der Waals surface area contributed by atoms with Gasteiger partial charge in [0.2, 0.25) is 0 Å². The lowest BCUT2D eigenvalue weighted by Crippen LogP contribution is -2.34. The highest BCUT2D eigenvalue weighted by Gasteiger charge is 2.16. The number of hydrogen-bond donors (Lipinski definition) is 2. The van der Waals surface area contributed by atoms with Gasteiger partial charge in [0.25, 0.3) is 0 Å². The molecule has 1 aromatic heterocycles. The molecule has 0 amide bonds. The molecular weight excluding hydrogens is 254 g/mol. The fourth-order valence-corrected chi connectivity index (χ4v) is 2.78. The average molecular weight is 269 g/mol. The maximum Gasteiger partial charge on any atom is 0.130 e. The Hall–Kier alpha value is -1.78. The van der Waals surface area contributed by atoms with Crippen LogP contribution < -0.4 is 10.6 Å². The Kier molecular flexibility index (Phi) is 3.81. The first-order valence-electron chi connectivity index (χ1n) is 6.22. The minimum atomic E-state index is 0.218. The predicted molar refractivity (Wildman–Crippen MR) is 80.0 cm³/mol. The lowest BCUT2D eigenvalue weighted by Gasteiger charge is -2.14. The molecule has 1 unspecified atom stereocenters. The third-order valence-electron chi connectivity index (χ3n) is 2.92. The summed E-state index contributed by atoms with van der Waals surface area (Å²) in [5.41, 5.74) is 3.76. The fraction of sp³-hybridized carbons (Fsp3) is 0.133. The van der Waals surface area contributed by atoms with Crippen LogP contribution in [0.1, 0.15) is 11.1 Å². The summed E-state index contributed by atoms with van der Waals surface area (Å²) in [6.07, 6.45) is 3.66. The third kappa shape index (κ3) is 3.16. The molecule has 4 heteroatoms. The van der Waals surface area contributed by atoms with Crippen LogP contribution in [0.3, 0.4) is 0 Å². The second-order valence-electron chi connectivity index (χ2n) is 4.30. The number of nitrogens with one attached hydrogen (secondary N) is 2. The Balaban J connectivity index is 1.54. The maximum atomic E-state index is 4.14. The highest BCUT2D eigenvalue weighted by Crippen LogP contribution is 2.25. The van der Waals surface area contributed by atoms with Crippen molar-refractivity contribution in [3.63, 3.8) is 0 Å². The van der Waals surface area contributed by atoms with Crippen molar-refractivity contribution in [1.82, 2.24) is 15.6 Å². The molecule has 1 atom stereocenters. The van der Waals surface area contributed by atoms with E-state index in [9.17, 15) is 0 Å². The second-order valence-corrected chi connectivity index (χ2v) is 5.28. The van der Waals surface area contributed by atoms with Crippen molar-refractivity contribution in [1.29, 1.82) is 0 Å². The lowest BCUT2D eigenvalue weighted by molar-refractivity contribution is 0.621. The Labute approximate surface area is 117 Å². The van der Waals surface area contributed by atoms with Gasteiger partial charge < -0.3 is 5.32 Å². The maximum absolute atomic E-state index is 4.14. The molecular formula is C15H15N3S. The summed E-state index contributed by atoms with van der Waals surface area (Å²) in [4.78, 5) is 4.14. The molecule has 0 aliphatic carbocycles. The van der Waals surface area contributed by atoms with Crippen molar-refractivity contribution in [2.24, 2.45) is 0 Å². The summed E-state index contributed by atoms with van der Waals surface area (Å²) in [7, 11) is 0. The second kappa shape index (κ2) is 5.91. The molecule has 0 bridgehead atoms. The van der Waals surface area contributed by atoms with Crippen molar-refractivity contribution in [3.8, 4) is 0 Å². The van der Waals surface area contributed by atoms with Crippen molar-refractivity contribution in [2.45, 2.75) is 12.0 Å². The quantitative estimate of drug-likeness (QED) is 0.895. The van der Waals surface area contributed by atoms with E-state index < -0.39 is 0 Å². The van der Waals surface area contributed by atoms with Crippen molar-refractivity contribution in [3.05, 3.63) is 71.4 Å². The molecule has 0 saturated carbocycles. The largest absolute Gasteiger partial charge is 0.360 e. The molecule has 3 rings (SSSR count). The minimum absolute atomic E-state index is 0.218. The number of aromatic nitrogens is 1. The minimum Gasteiger partial charge on any atom is -0.360 e. The van der Waals surface area contributed by atoms with E-state index in [1.54, 1.807) is 18.0 Å². The first-order chi connectivity index (χ1) is 9.42. The molecule has 1 aromatic carbocycles. The van der Waals surface area contributed by atoms with Crippen LogP contribution >= 0.6 is 11.8 Å². The van der Waals surface area contributed by atoms with Crippen LogP contribution in [0.4, 0.5) is 0 Å². The standard InChI is InChI=1S/C15H15N3S/c1-2-5-12(6-3-1)9-17-15-18-14(11-19-15)13-7-4-8-16-10-13/h1-8,10-11,15,17-18H,9H2. The van der Waals surface area contributed by atoms with Gasteiger partial charge in [-0.3, -0.25) is 10.3 Å². The molecule has 0 fully saturated rings. The third-order valence-corrected chi connectivity index (χ3v) is 3.84. The zero-order chi connectivity index (χ0) is 12.9. The van der Waals surface area contributed by atoms with E-state index in [1.807, 2.05) is 18.3 Å². The normalized spacial score (nSPS) is 17.9. The Morgan fingerprint density at radius 1 is 1.16 bits per heavy atom. The van der Waals surface area contributed by atoms with Gasteiger partial charge in [-0.25, -0.2) is 0 Å². The van der Waals surface area contributed by atoms with Gasteiger partial charge in [0, 0.05) is 24.5 Å². The van der Waals surface area contributed by atoms with Crippen LogP contribution in [0.25, 0.3) is 5.70 Å². The lowest BCUT2D eigenvalue weighted by atomic mass is 10.2. The Morgan fingerprint density at radius 2 is 2.05 bits per heavy atom. The number of benzene rings is 1. The summed E-state index contributed by atoms with van der Waals surface area (Å²) < 4.78 is 0. The molecule has 3 nitrogen and oxygen atoms in total. The number of rotatable bonds is 4. The summed E-state index contributed by atoms with van der Waals surface area (Å²) in [5.74, 6) is 0. The molecule has 0 saturated heterocycles. The number of pyridine rings is 1. The van der Waals surface area contributed by atoms with Crippen LogP contribution in [0.2, 0.25) is 0 Å². The van der Waals surface area contributed by atoms with Crippen molar-refractivity contribution >= 4 is 17.5 Å². The number of nitrogens with zero attached hydrogens (tertiary/aromatic N) is 1. The first kappa shape index (κ1) is 12.3. The van der Waals surface area contributed by atoms with E-state index >= 15 is 0 Å². The zero-order valence-corrected chi connectivity index (χ0v) is 11.2. The molecule has 1 aliphatic rings. The van der Waals surface area contributed by atoms with Crippen LogP contribution in [0.15, 0.2) is 60.3 Å². The molecule has 19 heavy (non-hydrogen) atoms. The molecule has 2 heterocycles. The van der Waals surface area contributed by atoms with Gasteiger partial charge in [-0.05, 0) is 23.1 Å². The van der Waals surface area contributed by atoms with Gasteiger partial charge in [-0.2, -0.15) is 0 Å². The Bertz CT molecular complexity index is 554. The zero-order valence-electron chi connectivity index (χ0n) is 10.4. The van der Waals surface area contributed by atoms with E-state index in [4.69, 9.17) is 0 Å². The number of thioether (sulfide) groups is 1. The van der Waals surface area contributed by atoms with Gasteiger partial charge in [0.1, 0.15) is 5.50 Å². The first-order valence-corrected chi connectivity index (χ1v) is 7.16. The summed E-state index contributed by atoms with van der Waals surface area (Å²) in [5, 5.41) is 9.07. The summed E-state index contributed by atoms with van der Waals surface area (Å²) in [6, 6.07) is 14.4. The van der Waals surface area contributed by atoms with Crippen LogP contribution in [-0.4, -0.2) is 10.5 Å². The average Bonchev–Trinajstić information content (AvgIpc) is 2.96. The van der Waals surface area contributed by atoms with E-state index in [0.717, 1.165) is 17.8 Å². The molecule has 0 radical (unpaired) electrons. The molecule has 2 aromatic rings. The van der Waals surface area contributed by atoms with Gasteiger partial charge in [-0.15, -0.1) is 0 Å². The predicted octanol–water partition coefficient (Wildman–Crippen LogP) is 2.79. The van der Waals surface area contributed by atoms with Crippen LogP contribution in [-0.2, 0) is 6.54 Å². The van der Waals surface area contributed by atoms with E-state index in [0.29, 0.717) is 0 Å². The monoisotopic (exact) mass is 269 g/mol. The summed E-state index contributed by atoms with van der Waals surface area (Å²) >= 11 is 1.75. The molecule has 2 N–H and O–H groups in total. The van der Waals surface area contributed by atoms with Crippen LogP contribution in [0.5, 0.6) is 0 Å². The van der Waals surface area contributed by atoms with Gasteiger partial charge in [0.05, 0.1) is 5.70 Å². The van der Waals surface area contributed by atoms with Gasteiger partial charge >= 0.3 is 0 Å². The van der Waals surface area contributed by atoms with E-state index in [-0.39, 0.29) is 5.50 Å². The summed E-state index contributed by atoms with van der Waals surface area (Å²) in [6.45, 7) is 0.861. The Morgan fingerprint density at radius 3 is 2.84 bits per heavy atom. The smallest absolute Gasteiger partial charge is 0.130 e. The SMILES string of the molecule is C1=C(c2cccnc2)NC(NCc2ccccc2)S1. The van der Waals surface area contributed by atoms with Crippen LogP contribution in [0, 0.1) is 0 Å². The molecule has 1 aliphatic heterocycles. The molecule has 96 valence electrons. The topological polar surface area (TPSA) is 37.0 Å². The van der Waals surface area contributed by atoms with Crippen molar-refractivity contribution < 1.29 is 0 Å².